The van der Waals surface area contributed by atoms with E-state index in [1.165, 1.54) is 4.68 Å². The highest BCUT2D eigenvalue weighted by molar-refractivity contribution is 5.97. The quantitative estimate of drug-likeness (QED) is 0.488. The number of hydrogen-bond acceptors (Lipinski definition) is 4. The van der Waals surface area contributed by atoms with E-state index in [2.05, 4.69) is 20.4 Å². The summed E-state index contributed by atoms with van der Waals surface area (Å²) < 4.78 is 1.47. The monoisotopic (exact) mass is 427 g/mol. The molecule has 2 aromatic heterocycles. The Bertz CT molecular complexity index is 1250. The van der Waals surface area contributed by atoms with Gasteiger partial charge in [0.15, 0.2) is 0 Å². The number of aryl methyl sites for hydroxylation is 2. The van der Waals surface area contributed by atoms with Gasteiger partial charge in [-0.05, 0) is 31.4 Å². The SMILES string of the molecule is CCc1c(C)nc(-n2nc(C)cc2NC(=O)C(c2ccccc2)c2ccccc2)[nH]c1=O. The zero-order chi connectivity index (χ0) is 22.7. The van der Waals surface area contributed by atoms with Crippen molar-refractivity contribution in [3.05, 3.63) is 105 Å². The molecule has 0 bridgehead atoms. The summed E-state index contributed by atoms with van der Waals surface area (Å²) >= 11 is 0. The lowest BCUT2D eigenvalue weighted by atomic mass is 9.90. The molecule has 0 saturated heterocycles. The molecule has 1 amide bonds. The van der Waals surface area contributed by atoms with Crippen molar-refractivity contribution >= 4 is 11.7 Å². The molecule has 2 aromatic carbocycles. The second kappa shape index (κ2) is 9.01. The molecule has 0 aliphatic heterocycles. The predicted molar refractivity (Wildman–Crippen MR) is 124 cm³/mol. The van der Waals surface area contributed by atoms with Crippen LogP contribution in [-0.4, -0.2) is 25.7 Å². The van der Waals surface area contributed by atoms with Gasteiger partial charge in [-0.1, -0.05) is 67.6 Å². The lowest BCUT2D eigenvalue weighted by Gasteiger charge is -2.18. The molecule has 0 fully saturated rings. The first-order valence-electron chi connectivity index (χ1n) is 10.6. The van der Waals surface area contributed by atoms with Gasteiger partial charge >= 0.3 is 0 Å². The number of anilines is 1. The van der Waals surface area contributed by atoms with Gasteiger partial charge in [0.1, 0.15) is 5.82 Å². The Balaban J connectivity index is 1.73. The van der Waals surface area contributed by atoms with Crippen LogP contribution in [0.25, 0.3) is 5.95 Å². The summed E-state index contributed by atoms with van der Waals surface area (Å²) in [5.41, 5.74) is 3.53. The van der Waals surface area contributed by atoms with Crippen LogP contribution in [-0.2, 0) is 11.2 Å². The fourth-order valence-corrected chi connectivity index (χ4v) is 3.85. The minimum absolute atomic E-state index is 0.201. The van der Waals surface area contributed by atoms with Gasteiger partial charge in [0.2, 0.25) is 11.9 Å². The molecule has 0 radical (unpaired) electrons. The summed E-state index contributed by atoms with van der Waals surface area (Å²) in [5, 5.41) is 7.44. The molecule has 4 rings (SSSR count). The lowest BCUT2D eigenvalue weighted by Crippen LogP contribution is -2.25. The first-order chi connectivity index (χ1) is 15.5. The van der Waals surface area contributed by atoms with Crippen LogP contribution in [0.2, 0.25) is 0 Å². The van der Waals surface area contributed by atoms with Crippen molar-refractivity contribution in [1.82, 2.24) is 19.7 Å². The van der Waals surface area contributed by atoms with Crippen LogP contribution >= 0.6 is 0 Å². The fourth-order valence-electron chi connectivity index (χ4n) is 3.85. The second-order valence-electron chi connectivity index (χ2n) is 7.63. The molecule has 7 heteroatoms. The molecular weight excluding hydrogens is 402 g/mol. The van der Waals surface area contributed by atoms with E-state index in [0.717, 1.165) is 11.1 Å². The highest BCUT2D eigenvalue weighted by Crippen LogP contribution is 2.27. The van der Waals surface area contributed by atoms with Gasteiger partial charge in [0.05, 0.1) is 11.6 Å². The zero-order valence-electron chi connectivity index (χ0n) is 18.3. The number of nitrogens with one attached hydrogen (secondary N) is 2. The van der Waals surface area contributed by atoms with E-state index >= 15 is 0 Å². The van der Waals surface area contributed by atoms with E-state index in [-0.39, 0.29) is 17.4 Å². The van der Waals surface area contributed by atoms with Crippen LogP contribution < -0.4 is 10.9 Å². The third kappa shape index (κ3) is 4.23. The number of carbonyl (C=O) groups excluding carboxylic acids is 1. The van der Waals surface area contributed by atoms with E-state index in [1.54, 1.807) is 13.0 Å². The van der Waals surface area contributed by atoms with Crippen LogP contribution in [0.4, 0.5) is 5.82 Å². The summed E-state index contributed by atoms with van der Waals surface area (Å²) in [4.78, 5) is 33.3. The summed E-state index contributed by atoms with van der Waals surface area (Å²) in [6.07, 6.45) is 0.589. The van der Waals surface area contributed by atoms with E-state index < -0.39 is 5.92 Å². The van der Waals surface area contributed by atoms with Gasteiger partial charge < -0.3 is 5.32 Å². The topological polar surface area (TPSA) is 92.7 Å². The Morgan fingerprint density at radius 2 is 1.62 bits per heavy atom. The summed E-state index contributed by atoms with van der Waals surface area (Å²) in [7, 11) is 0. The van der Waals surface area contributed by atoms with Gasteiger partial charge in [-0.3, -0.25) is 14.6 Å². The molecule has 7 nitrogen and oxygen atoms in total. The number of hydrogen-bond donors (Lipinski definition) is 2. The summed E-state index contributed by atoms with van der Waals surface area (Å²) in [5.74, 6) is 0.00491. The van der Waals surface area contributed by atoms with Gasteiger partial charge in [-0.2, -0.15) is 9.78 Å². The molecule has 4 aromatic rings. The van der Waals surface area contributed by atoms with Crippen molar-refractivity contribution in [3.8, 4) is 5.95 Å². The molecule has 0 atom stereocenters. The van der Waals surface area contributed by atoms with Crippen LogP contribution in [0.1, 0.15) is 40.9 Å². The maximum Gasteiger partial charge on any atom is 0.255 e. The van der Waals surface area contributed by atoms with E-state index in [9.17, 15) is 9.59 Å². The lowest BCUT2D eigenvalue weighted by molar-refractivity contribution is -0.116. The largest absolute Gasteiger partial charge is 0.310 e. The zero-order valence-corrected chi connectivity index (χ0v) is 18.3. The molecule has 0 unspecified atom stereocenters. The molecule has 32 heavy (non-hydrogen) atoms. The van der Waals surface area contributed by atoms with Crippen LogP contribution in [0.3, 0.4) is 0 Å². The van der Waals surface area contributed by atoms with Crippen molar-refractivity contribution in [2.24, 2.45) is 0 Å². The van der Waals surface area contributed by atoms with Gasteiger partial charge in [0, 0.05) is 17.3 Å². The van der Waals surface area contributed by atoms with Crippen molar-refractivity contribution < 1.29 is 4.79 Å². The van der Waals surface area contributed by atoms with Gasteiger partial charge in [-0.25, -0.2) is 4.98 Å². The van der Waals surface area contributed by atoms with Crippen LogP contribution in [0, 0.1) is 13.8 Å². The third-order valence-electron chi connectivity index (χ3n) is 5.37. The number of benzene rings is 2. The highest BCUT2D eigenvalue weighted by Gasteiger charge is 2.24. The van der Waals surface area contributed by atoms with Gasteiger partial charge in [0.25, 0.3) is 5.56 Å². The van der Waals surface area contributed by atoms with Crippen LogP contribution in [0.15, 0.2) is 71.5 Å². The maximum absolute atomic E-state index is 13.5. The smallest absolute Gasteiger partial charge is 0.255 e. The van der Waals surface area contributed by atoms with E-state index in [4.69, 9.17) is 0 Å². The van der Waals surface area contributed by atoms with E-state index in [0.29, 0.717) is 29.2 Å². The molecule has 2 N–H and O–H groups in total. The normalized spacial score (nSPS) is 11.0. The number of nitrogens with zero attached hydrogens (tertiary/aromatic N) is 3. The number of rotatable bonds is 6. The Morgan fingerprint density at radius 3 is 2.16 bits per heavy atom. The van der Waals surface area contributed by atoms with Crippen LogP contribution in [0.5, 0.6) is 0 Å². The fraction of sp³-hybridized carbons (Fsp3) is 0.200. The first kappa shape index (κ1) is 21.2. The number of aromatic nitrogens is 4. The minimum Gasteiger partial charge on any atom is -0.310 e. The van der Waals surface area contributed by atoms with Gasteiger partial charge in [-0.15, -0.1) is 0 Å². The average molecular weight is 428 g/mol. The average Bonchev–Trinajstić information content (AvgIpc) is 3.15. The Hall–Kier alpha value is -4.00. The van der Waals surface area contributed by atoms with E-state index in [1.807, 2.05) is 74.5 Å². The molecular formula is C25H25N5O2. The predicted octanol–water partition coefficient (Wildman–Crippen LogP) is 3.91. The Morgan fingerprint density at radius 1 is 1.03 bits per heavy atom. The molecule has 2 heterocycles. The molecule has 0 aliphatic rings. The van der Waals surface area contributed by atoms with Crippen molar-refractivity contribution in [1.29, 1.82) is 0 Å². The standard InChI is InChI=1S/C25H25N5O2/c1-4-20-17(3)26-25(28-23(20)31)30-21(15-16(2)29-30)27-24(32)22(18-11-7-5-8-12-18)19-13-9-6-10-14-19/h5-15,22H,4H2,1-3H3,(H,27,32)(H,26,28,31). The third-order valence-corrected chi connectivity index (χ3v) is 5.37. The Labute approximate surface area is 186 Å². The molecule has 0 spiro atoms. The number of carbonyl (C=O) groups is 1. The summed E-state index contributed by atoms with van der Waals surface area (Å²) in [6.45, 7) is 5.53. The van der Waals surface area contributed by atoms with Crippen molar-refractivity contribution in [3.63, 3.8) is 0 Å². The highest BCUT2D eigenvalue weighted by atomic mass is 16.2. The molecule has 0 aliphatic carbocycles. The number of aromatic amines is 1. The van der Waals surface area contributed by atoms with Crippen molar-refractivity contribution in [2.75, 3.05) is 5.32 Å². The molecule has 0 saturated carbocycles. The first-order valence-corrected chi connectivity index (χ1v) is 10.6. The van der Waals surface area contributed by atoms with Crippen molar-refractivity contribution in [2.45, 2.75) is 33.1 Å². The molecule has 162 valence electrons. The number of amides is 1. The minimum atomic E-state index is -0.503. The Kier molecular flexibility index (Phi) is 5.98. The maximum atomic E-state index is 13.5. The summed E-state index contributed by atoms with van der Waals surface area (Å²) in [6, 6.07) is 21.0. The number of H-pyrrole nitrogens is 1. The second-order valence-corrected chi connectivity index (χ2v) is 7.63.